The van der Waals surface area contributed by atoms with E-state index in [-0.39, 0.29) is 12.6 Å². The molecule has 4 nitrogen and oxygen atoms in total. The van der Waals surface area contributed by atoms with E-state index in [1.54, 1.807) is 14.2 Å². The first kappa shape index (κ1) is 23.1. The quantitative estimate of drug-likeness (QED) is 0.446. The summed E-state index contributed by atoms with van der Waals surface area (Å²) in [5.74, 6) is 1.62. The fourth-order valence-corrected chi connectivity index (χ4v) is 4.72. The third kappa shape index (κ3) is 5.13. The summed E-state index contributed by atoms with van der Waals surface area (Å²) < 4.78 is 11.5. The first-order valence-electron chi connectivity index (χ1n) is 11.6. The molecule has 0 saturated carbocycles. The lowest BCUT2D eigenvalue weighted by Crippen LogP contribution is -2.31. The van der Waals surface area contributed by atoms with Crippen molar-refractivity contribution in [3.63, 3.8) is 0 Å². The number of aliphatic hydroxyl groups excluding tert-OH is 1. The minimum atomic E-state index is 0.187. The molecule has 0 spiro atoms. The maximum absolute atomic E-state index is 9.69. The number of aliphatic hydroxyl groups is 1. The molecule has 1 aliphatic heterocycles. The SMILES string of the molecule is COc1cc(/C=C/c2cccc(-c3ccccc3)c2C)cc(OC)c1CN1CCCC1CO. The highest BCUT2D eigenvalue weighted by Gasteiger charge is 2.26. The van der Waals surface area contributed by atoms with Gasteiger partial charge in [-0.05, 0) is 66.3 Å². The van der Waals surface area contributed by atoms with Gasteiger partial charge in [0.2, 0.25) is 0 Å². The molecule has 1 atom stereocenters. The van der Waals surface area contributed by atoms with E-state index in [4.69, 9.17) is 9.47 Å². The van der Waals surface area contributed by atoms with E-state index in [1.165, 1.54) is 22.3 Å². The number of benzene rings is 3. The summed E-state index contributed by atoms with van der Waals surface area (Å²) in [4.78, 5) is 2.31. The molecule has 4 heteroatoms. The summed E-state index contributed by atoms with van der Waals surface area (Å²) in [5.41, 5.74) is 6.95. The molecule has 3 aromatic carbocycles. The molecule has 0 aromatic heterocycles. The molecule has 0 aliphatic carbocycles. The van der Waals surface area contributed by atoms with E-state index in [0.29, 0.717) is 6.54 Å². The molecule has 1 heterocycles. The van der Waals surface area contributed by atoms with Gasteiger partial charge in [-0.3, -0.25) is 4.90 Å². The molecule has 1 saturated heterocycles. The molecule has 1 aliphatic rings. The molecule has 0 bridgehead atoms. The summed E-state index contributed by atoms with van der Waals surface area (Å²) in [7, 11) is 3.40. The fourth-order valence-electron chi connectivity index (χ4n) is 4.72. The Morgan fingerprint density at radius 2 is 1.70 bits per heavy atom. The molecular formula is C29H33NO3. The van der Waals surface area contributed by atoms with Crippen LogP contribution in [-0.4, -0.2) is 43.4 Å². The van der Waals surface area contributed by atoms with Crippen LogP contribution in [0.25, 0.3) is 23.3 Å². The lowest BCUT2D eigenvalue weighted by molar-refractivity contribution is 0.151. The van der Waals surface area contributed by atoms with Gasteiger partial charge in [-0.25, -0.2) is 0 Å². The average molecular weight is 444 g/mol. The van der Waals surface area contributed by atoms with Crippen molar-refractivity contribution in [3.05, 3.63) is 82.9 Å². The van der Waals surface area contributed by atoms with Crippen LogP contribution in [0.1, 0.15) is 35.1 Å². The highest BCUT2D eigenvalue weighted by Crippen LogP contribution is 2.35. The van der Waals surface area contributed by atoms with Gasteiger partial charge < -0.3 is 14.6 Å². The fraction of sp³-hybridized carbons (Fsp3) is 0.310. The van der Waals surface area contributed by atoms with Gasteiger partial charge in [0, 0.05) is 12.6 Å². The van der Waals surface area contributed by atoms with Crippen LogP contribution in [0.3, 0.4) is 0 Å². The summed E-state index contributed by atoms with van der Waals surface area (Å²) in [6.45, 7) is 4.04. The molecule has 1 fully saturated rings. The molecule has 0 amide bonds. The summed E-state index contributed by atoms with van der Waals surface area (Å²) >= 11 is 0. The van der Waals surface area contributed by atoms with Crippen molar-refractivity contribution >= 4 is 12.2 Å². The van der Waals surface area contributed by atoms with E-state index < -0.39 is 0 Å². The number of methoxy groups -OCH3 is 2. The van der Waals surface area contributed by atoms with Gasteiger partial charge in [-0.1, -0.05) is 60.7 Å². The van der Waals surface area contributed by atoms with E-state index in [2.05, 4.69) is 78.6 Å². The molecule has 1 unspecified atom stereocenters. The second-order valence-electron chi connectivity index (χ2n) is 8.57. The Kier molecular flexibility index (Phi) is 7.48. The van der Waals surface area contributed by atoms with Gasteiger partial charge in [-0.2, -0.15) is 0 Å². The Balaban J connectivity index is 1.63. The number of hydrogen-bond donors (Lipinski definition) is 1. The van der Waals surface area contributed by atoms with Gasteiger partial charge in [0.1, 0.15) is 11.5 Å². The first-order chi connectivity index (χ1) is 16.1. The van der Waals surface area contributed by atoms with Gasteiger partial charge in [0.15, 0.2) is 0 Å². The lowest BCUT2D eigenvalue weighted by Gasteiger charge is -2.25. The maximum atomic E-state index is 9.69. The Bertz CT molecular complexity index is 1080. The van der Waals surface area contributed by atoms with Gasteiger partial charge >= 0.3 is 0 Å². The first-order valence-corrected chi connectivity index (χ1v) is 11.6. The number of likely N-dealkylation sites (tertiary alicyclic amines) is 1. The van der Waals surface area contributed by atoms with Crippen LogP contribution in [0.5, 0.6) is 11.5 Å². The summed E-state index contributed by atoms with van der Waals surface area (Å²) in [5, 5.41) is 9.69. The zero-order valence-electron chi connectivity index (χ0n) is 19.8. The Labute approximate surface area is 197 Å². The molecule has 0 radical (unpaired) electrons. The molecule has 33 heavy (non-hydrogen) atoms. The third-order valence-electron chi connectivity index (χ3n) is 6.62. The van der Waals surface area contributed by atoms with Crippen LogP contribution < -0.4 is 9.47 Å². The minimum absolute atomic E-state index is 0.187. The van der Waals surface area contributed by atoms with Gasteiger partial charge in [0.25, 0.3) is 0 Å². The maximum Gasteiger partial charge on any atom is 0.127 e. The van der Waals surface area contributed by atoms with Crippen LogP contribution in [-0.2, 0) is 6.54 Å². The highest BCUT2D eigenvalue weighted by atomic mass is 16.5. The Morgan fingerprint density at radius 1 is 0.970 bits per heavy atom. The second kappa shape index (κ2) is 10.7. The Morgan fingerprint density at radius 3 is 2.36 bits per heavy atom. The van der Waals surface area contributed by atoms with Crippen molar-refractivity contribution in [2.75, 3.05) is 27.4 Å². The predicted octanol–water partition coefficient (Wildman–Crippen LogP) is 5.81. The molecule has 4 rings (SSSR count). The molecule has 3 aromatic rings. The number of nitrogens with zero attached hydrogens (tertiary/aromatic N) is 1. The van der Waals surface area contributed by atoms with Crippen molar-refractivity contribution in [1.29, 1.82) is 0 Å². The van der Waals surface area contributed by atoms with E-state index in [0.717, 1.165) is 42.0 Å². The van der Waals surface area contributed by atoms with Crippen LogP contribution in [0.2, 0.25) is 0 Å². The van der Waals surface area contributed by atoms with Gasteiger partial charge in [0.05, 0.1) is 26.4 Å². The number of ether oxygens (including phenoxy) is 2. The molecule has 172 valence electrons. The highest BCUT2D eigenvalue weighted by molar-refractivity contribution is 5.78. The van der Waals surface area contributed by atoms with Crippen LogP contribution >= 0.6 is 0 Å². The standard InChI is InChI=1S/C29H33NO3/c1-21-23(11-7-13-26(21)24-9-5-4-6-10-24)15-14-22-17-28(32-2)27(29(18-22)33-3)19-30-16-8-12-25(30)20-31/h4-7,9-11,13-15,17-18,25,31H,8,12,16,19-20H2,1-3H3/b15-14+. The number of hydrogen-bond acceptors (Lipinski definition) is 4. The average Bonchev–Trinajstić information content (AvgIpc) is 3.31. The lowest BCUT2D eigenvalue weighted by atomic mass is 9.96. The molecule has 1 N–H and O–H groups in total. The zero-order chi connectivity index (χ0) is 23.2. The summed E-state index contributed by atoms with van der Waals surface area (Å²) in [6.07, 6.45) is 6.40. The molecular weight excluding hydrogens is 410 g/mol. The van der Waals surface area contributed by atoms with Crippen molar-refractivity contribution in [1.82, 2.24) is 4.90 Å². The smallest absolute Gasteiger partial charge is 0.127 e. The number of rotatable bonds is 8. The van der Waals surface area contributed by atoms with Crippen molar-refractivity contribution in [2.45, 2.75) is 32.4 Å². The van der Waals surface area contributed by atoms with Crippen molar-refractivity contribution in [2.24, 2.45) is 0 Å². The zero-order valence-corrected chi connectivity index (χ0v) is 19.8. The van der Waals surface area contributed by atoms with Crippen LogP contribution in [0.4, 0.5) is 0 Å². The summed E-state index contributed by atoms with van der Waals surface area (Å²) in [6, 6.07) is 21.2. The van der Waals surface area contributed by atoms with E-state index in [1.807, 2.05) is 6.07 Å². The topological polar surface area (TPSA) is 41.9 Å². The minimum Gasteiger partial charge on any atom is -0.496 e. The van der Waals surface area contributed by atoms with Crippen molar-refractivity contribution in [3.8, 4) is 22.6 Å². The predicted molar refractivity (Wildman–Crippen MR) is 136 cm³/mol. The Hall–Kier alpha value is -3.08. The van der Waals surface area contributed by atoms with E-state index >= 15 is 0 Å². The normalized spacial score (nSPS) is 16.4. The van der Waals surface area contributed by atoms with Gasteiger partial charge in [-0.15, -0.1) is 0 Å². The largest absolute Gasteiger partial charge is 0.496 e. The monoisotopic (exact) mass is 443 g/mol. The third-order valence-corrected chi connectivity index (χ3v) is 6.62. The van der Waals surface area contributed by atoms with Crippen LogP contribution in [0, 0.1) is 6.92 Å². The second-order valence-corrected chi connectivity index (χ2v) is 8.57. The van der Waals surface area contributed by atoms with Crippen molar-refractivity contribution < 1.29 is 14.6 Å². The van der Waals surface area contributed by atoms with Crippen LogP contribution in [0.15, 0.2) is 60.7 Å². The van der Waals surface area contributed by atoms with E-state index in [9.17, 15) is 5.11 Å².